The van der Waals surface area contributed by atoms with Crippen LogP contribution in [0.2, 0.25) is 0 Å². The fraction of sp³-hybridized carbons (Fsp3) is 0.833. The van der Waals surface area contributed by atoms with E-state index in [9.17, 15) is 14.7 Å². The second kappa shape index (κ2) is 5.04. The topological polar surface area (TPSA) is 77.8 Å². The molecule has 0 unspecified atom stereocenters. The van der Waals surface area contributed by atoms with Crippen LogP contribution in [0.1, 0.15) is 32.1 Å². The number of amides is 1. The van der Waals surface area contributed by atoms with Crippen LogP contribution in [0, 0.1) is 11.8 Å². The summed E-state index contributed by atoms with van der Waals surface area (Å²) in [5.74, 6) is -1.73. The van der Waals surface area contributed by atoms with Crippen molar-refractivity contribution in [2.45, 2.75) is 38.2 Å². The lowest BCUT2D eigenvalue weighted by Crippen LogP contribution is -2.44. The molecule has 2 aliphatic rings. The van der Waals surface area contributed by atoms with Crippen molar-refractivity contribution in [1.82, 2.24) is 4.90 Å². The lowest BCUT2D eigenvalue weighted by Gasteiger charge is -2.32. The Hall–Kier alpha value is -1.10. The third-order valence-corrected chi connectivity index (χ3v) is 3.93. The normalized spacial score (nSPS) is 30.5. The Balaban J connectivity index is 1.97. The minimum atomic E-state index is -0.849. The third kappa shape index (κ3) is 2.60. The fourth-order valence-electron chi connectivity index (χ4n) is 2.87. The van der Waals surface area contributed by atoms with Crippen LogP contribution >= 0.6 is 0 Å². The van der Waals surface area contributed by atoms with Crippen molar-refractivity contribution in [3.8, 4) is 0 Å². The molecule has 2 rings (SSSR count). The average molecular weight is 241 g/mol. The first-order valence-electron chi connectivity index (χ1n) is 6.29. The highest BCUT2D eigenvalue weighted by Crippen LogP contribution is 2.33. The van der Waals surface area contributed by atoms with Crippen LogP contribution in [-0.2, 0) is 9.59 Å². The van der Waals surface area contributed by atoms with Gasteiger partial charge in [-0.2, -0.15) is 0 Å². The van der Waals surface area contributed by atoms with Gasteiger partial charge in [0.1, 0.15) is 0 Å². The van der Waals surface area contributed by atoms with Gasteiger partial charge in [0.2, 0.25) is 5.91 Å². The molecule has 1 aliphatic carbocycles. The Morgan fingerprint density at radius 3 is 2.18 bits per heavy atom. The Bertz CT molecular complexity index is 310. The van der Waals surface area contributed by atoms with Gasteiger partial charge in [0.05, 0.1) is 17.9 Å². The number of aliphatic carboxylic acids is 1. The number of carbonyl (C=O) groups excluding carboxylic acids is 1. The van der Waals surface area contributed by atoms with E-state index in [4.69, 9.17) is 5.11 Å². The molecule has 96 valence electrons. The molecule has 5 nitrogen and oxygen atoms in total. The molecule has 0 radical (unpaired) electrons. The molecule has 17 heavy (non-hydrogen) atoms. The monoisotopic (exact) mass is 241 g/mol. The summed E-state index contributed by atoms with van der Waals surface area (Å²) in [5.41, 5.74) is 0. The summed E-state index contributed by atoms with van der Waals surface area (Å²) in [7, 11) is 0. The first-order chi connectivity index (χ1) is 8.09. The molecule has 0 bridgehead atoms. The van der Waals surface area contributed by atoms with Crippen LogP contribution in [0.25, 0.3) is 0 Å². The van der Waals surface area contributed by atoms with E-state index >= 15 is 0 Å². The van der Waals surface area contributed by atoms with Crippen molar-refractivity contribution in [1.29, 1.82) is 0 Å². The van der Waals surface area contributed by atoms with E-state index in [1.807, 2.05) is 0 Å². The molecule has 1 aliphatic heterocycles. The molecule has 2 fully saturated rings. The molecular weight excluding hydrogens is 222 g/mol. The lowest BCUT2D eigenvalue weighted by molar-refractivity contribution is -0.149. The number of piperidine rings is 1. The minimum Gasteiger partial charge on any atom is -0.481 e. The Labute approximate surface area is 100 Å². The smallest absolute Gasteiger partial charge is 0.307 e. The third-order valence-electron chi connectivity index (χ3n) is 3.93. The van der Waals surface area contributed by atoms with Crippen molar-refractivity contribution in [2.24, 2.45) is 11.8 Å². The average Bonchev–Trinajstić information content (AvgIpc) is 2.78. The van der Waals surface area contributed by atoms with Crippen molar-refractivity contribution in [3.63, 3.8) is 0 Å². The molecule has 0 aromatic heterocycles. The molecule has 2 atom stereocenters. The number of hydrogen-bond acceptors (Lipinski definition) is 3. The number of carboxylic acid groups (broad SMARTS) is 1. The molecule has 0 aromatic rings. The van der Waals surface area contributed by atoms with Crippen LogP contribution in [0.3, 0.4) is 0 Å². The molecule has 1 heterocycles. The number of carbonyl (C=O) groups is 2. The summed E-state index contributed by atoms with van der Waals surface area (Å²) in [5, 5.41) is 18.4. The molecule has 1 saturated heterocycles. The number of aliphatic hydroxyl groups is 1. The summed E-state index contributed by atoms with van der Waals surface area (Å²) >= 11 is 0. The van der Waals surface area contributed by atoms with Gasteiger partial charge in [-0.25, -0.2) is 0 Å². The van der Waals surface area contributed by atoms with Crippen molar-refractivity contribution < 1.29 is 19.8 Å². The number of aliphatic hydroxyl groups excluding tert-OH is 1. The highest BCUT2D eigenvalue weighted by atomic mass is 16.4. The maximum atomic E-state index is 12.2. The molecule has 0 spiro atoms. The molecular formula is C12H19NO4. The predicted molar refractivity (Wildman–Crippen MR) is 60.3 cm³/mol. The maximum Gasteiger partial charge on any atom is 0.307 e. The van der Waals surface area contributed by atoms with Crippen LogP contribution in [0.4, 0.5) is 0 Å². The number of hydrogen-bond donors (Lipinski definition) is 2. The molecule has 2 N–H and O–H groups in total. The van der Waals surface area contributed by atoms with Crippen LogP contribution in [-0.4, -0.2) is 46.2 Å². The lowest BCUT2D eigenvalue weighted by atomic mass is 9.93. The van der Waals surface area contributed by atoms with Crippen LogP contribution in [0.5, 0.6) is 0 Å². The zero-order chi connectivity index (χ0) is 12.4. The van der Waals surface area contributed by atoms with Gasteiger partial charge in [0.15, 0.2) is 0 Å². The van der Waals surface area contributed by atoms with Crippen molar-refractivity contribution in [2.75, 3.05) is 13.1 Å². The minimum absolute atomic E-state index is 0.0261. The van der Waals surface area contributed by atoms with Crippen molar-refractivity contribution in [3.05, 3.63) is 0 Å². The van der Waals surface area contributed by atoms with Gasteiger partial charge in [-0.3, -0.25) is 9.59 Å². The second-order valence-electron chi connectivity index (χ2n) is 5.04. The first kappa shape index (κ1) is 12.4. The summed E-state index contributed by atoms with van der Waals surface area (Å²) < 4.78 is 0. The largest absolute Gasteiger partial charge is 0.481 e. The molecule has 5 heteroatoms. The number of carboxylic acids is 1. The zero-order valence-electron chi connectivity index (χ0n) is 9.84. The molecule has 1 saturated carbocycles. The van der Waals surface area contributed by atoms with E-state index in [1.54, 1.807) is 4.90 Å². The SMILES string of the molecule is O=C(O)[C@H]1CCC[C@H]1C(=O)N1CCC(O)CC1. The summed E-state index contributed by atoms with van der Waals surface area (Å²) in [6, 6.07) is 0. The summed E-state index contributed by atoms with van der Waals surface area (Å²) in [6.07, 6.45) is 3.03. The Morgan fingerprint density at radius 2 is 1.59 bits per heavy atom. The van der Waals surface area contributed by atoms with Gasteiger partial charge in [-0.05, 0) is 25.7 Å². The second-order valence-corrected chi connectivity index (χ2v) is 5.04. The number of likely N-dealkylation sites (tertiary alicyclic amines) is 1. The van der Waals surface area contributed by atoms with Crippen LogP contribution < -0.4 is 0 Å². The zero-order valence-corrected chi connectivity index (χ0v) is 9.84. The highest BCUT2D eigenvalue weighted by molar-refractivity contribution is 5.85. The van der Waals surface area contributed by atoms with E-state index in [-0.39, 0.29) is 17.9 Å². The van der Waals surface area contributed by atoms with Crippen molar-refractivity contribution >= 4 is 11.9 Å². The van der Waals surface area contributed by atoms with Gasteiger partial charge < -0.3 is 15.1 Å². The summed E-state index contributed by atoms with van der Waals surface area (Å²) in [6.45, 7) is 1.12. The molecule has 1 amide bonds. The first-order valence-corrected chi connectivity index (χ1v) is 6.29. The standard InChI is InChI=1S/C12H19NO4/c14-8-4-6-13(7-5-8)11(15)9-2-1-3-10(9)12(16)17/h8-10,14H,1-7H2,(H,16,17)/t9-,10+/m1/s1. The summed E-state index contributed by atoms with van der Waals surface area (Å²) in [4.78, 5) is 25.0. The molecule has 0 aromatic carbocycles. The quantitative estimate of drug-likeness (QED) is 0.736. The number of nitrogens with zero attached hydrogens (tertiary/aromatic N) is 1. The van der Waals surface area contributed by atoms with Gasteiger partial charge in [-0.1, -0.05) is 6.42 Å². The maximum absolute atomic E-state index is 12.2. The van der Waals surface area contributed by atoms with Gasteiger partial charge in [0, 0.05) is 13.1 Å². The van der Waals surface area contributed by atoms with E-state index in [2.05, 4.69) is 0 Å². The van der Waals surface area contributed by atoms with E-state index < -0.39 is 11.9 Å². The van der Waals surface area contributed by atoms with Crippen LogP contribution in [0.15, 0.2) is 0 Å². The van der Waals surface area contributed by atoms with E-state index in [0.717, 1.165) is 6.42 Å². The van der Waals surface area contributed by atoms with E-state index in [0.29, 0.717) is 38.8 Å². The van der Waals surface area contributed by atoms with Gasteiger partial charge in [-0.15, -0.1) is 0 Å². The van der Waals surface area contributed by atoms with E-state index in [1.165, 1.54) is 0 Å². The van der Waals surface area contributed by atoms with Gasteiger partial charge in [0.25, 0.3) is 0 Å². The Kier molecular flexibility index (Phi) is 3.66. The fourth-order valence-corrected chi connectivity index (χ4v) is 2.87. The Morgan fingerprint density at radius 1 is 1.00 bits per heavy atom. The van der Waals surface area contributed by atoms with Gasteiger partial charge >= 0.3 is 5.97 Å². The highest BCUT2D eigenvalue weighted by Gasteiger charge is 2.40. The predicted octanol–water partition coefficient (Wildman–Crippen LogP) is 0.471. The number of rotatable bonds is 2.